The average Bonchev–Trinajstić information content (AvgIpc) is 2.85. The van der Waals surface area contributed by atoms with Crippen molar-refractivity contribution >= 4 is 0 Å². The van der Waals surface area contributed by atoms with E-state index in [4.69, 9.17) is 9.47 Å². The molecule has 1 aromatic carbocycles. The largest absolute Gasteiger partial charge is 0.454 e. The fourth-order valence-corrected chi connectivity index (χ4v) is 1.85. The van der Waals surface area contributed by atoms with E-state index in [1.165, 1.54) is 0 Å². The van der Waals surface area contributed by atoms with Gasteiger partial charge in [0, 0.05) is 6.54 Å². The summed E-state index contributed by atoms with van der Waals surface area (Å²) >= 11 is 0. The molecule has 0 spiro atoms. The summed E-state index contributed by atoms with van der Waals surface area (Å²) in [5, 5.41) is 13.4. The van der Waals surface area contributed by atoms with Gasteiger partial charge in [0.05, 0.1) is 6.10 Å². The molecule has 1 heterocycles. The van der Waals surface area contributed by atoms with Crippen molar-refractivity contribution in [2.75, 3.05) is 19.9 Å². The zero-order valence-electron chi connectivity index (χ0n) is 11.0. The van der Waals surface area contributed by atoms with Crippen LogP contribution in [0.3, 0.4) is 0 Å². The SMILES string of the molecule is CCC(C)CNCC(O)c1ccc2c(c1)OCO2. The monoisotopic (exact) mass is 251 g/mol. The average molecular weight is 251 g/mol. The maximum Gasteiger partial charge on any atom is 0.231 e. The van der Waals surface area contributed by atoms with Gasteiger partial charge in [-0.1, -0.05) is 26.3 Å². The Kier molecular flexibility index (Phi) is 4.44. The maximum absolute atomic E-state index is 10.1. The number of benzene rings is 1. The second-order valence-corrected chi connectivity index (χ2v) is 4.80. The highest BCUT2D eigenvalue weighted by molar-refractivity contribution is 5.45. The third-order valence-corrected chi connectivity index (χ3v) is 3.31. The lowest BCUT2D eigenvalue weighted by Crippen LogP contribution is -2.26. The molecular weight excluding hydrogens is 230 g/mol. The highest BCUT2D eigenvalue weighted by atomic mass is 16.7. The first-order chi connectivity index (χ1) is 8.70. The minimum atomic E-state index is -0.511. The molecule has 0 saturated heterocycles. The van der Waals surface area contributed by atoms with Gasteiger partial charge in [-0.05, 0) is 30.2 Å². The van der Waals surface area contributed by atoms with Crippen LogP contribution in [0, 0.1) is 5.92 Å². The van der Waals surface area contributed by atoms with E-state index in [2.05, 4.69) is 19.2 Å². The lowest BCUT2D eigenvalue weighted by Gasteiger charge is -2.15. The van der Waals surface area contributed by atoms with E-state index in [0.717, 1.165) is 24.3 Å². The molecule has 1 aliphatic rings. The van der Waals surface area contributed by atoms with Gasteiger partial charge in [-0.2, -0.15) is 0 Å². The van der Waals surface area contributed by atoms with Gasteiger partial charge in [-0.25, -0.2) is 0 Å². The minimum absolute atomic E-state index is 0.265. The van der Waals surface area contributed by atoms with Crippen LogP contribution in [0.5, 0.6) is 11.5 Å². The first kappa shape index (κ1) is 13.2. The van der Waals surface area contributed by atoms with E-state index >= 15 is 0 Å². The van der Waals surface area contributed by atoms with E-state index in [1.807, 2.05) is 18.2 Å². The van der Waals surface area contributed by atoms with E-state index in [-0.39, 0.29) is 6.79 Å². The van der Waals surface area contributed by atoms with Crippen LogP contribution in [0.4, 0.5) is 0 Å². The van der Waals surface area contributed by atoms with Crippen LogP contribution in [0.15, 0.2) is 18.2 Å². The fraction of sp³-hybridized carbons (Fsp3) is 0.571. The molecule has 0 radical (unpaired) electrons. The van der Waals surface area contributed by atoms with Crippen LogP contribution < -0.4 is 14.8 Å². The Bertz CT molecular complexity index is 395. The predicted octanol–water partition coefficient (Wildman–Crippen LogP) is 2.08. The van der Waals surface area contributed by atoms with E-state index < -0.39 is 6.10 Å². The molecule has 1 aromatic rings. The zero-order valence-corrected chi connectivity index (χ0v) is 11.0. The van der Waals surface area contributed by atoms with Crippen molar-refractivity contribution in [3.8, 4) is 11.5 Å². The van der Waals surface area contributed by atoms with Crippen LogP contribution in [-0.4, -0.2) is 25.0 Å². The van der Waals surface area contributed by atoms with Crippen LogP contribution in [-0.2, 0) is 0 Å². The van der Waals surface area contributed by atoms with Crippen molar-refractivity contribution < 1.29 is 14.6 Å². The standard InChI is InChI=1S/C14H21NO3/c1-3-10(2)7-15-8-12(16)11-4-5-13-14(6-11)18-9-17-13/h4-6,10,12,15-16H,3,7-9H2,1-2H3. The number of hydrogen-bond acceptors (Lipinski definition) is 4. The lowest BCUT2D eigenvalue weighted by atomic mass is 10.1. The van der Waals surface area contributed by atoms with Crippen molar-refractivity contribution in [2.24, 2.45) is 5.92 Å². The number of nitrogens with one attached hydrogen (secondary N) is 1. The predicted molar refractivity (Wildman–Crippen MR) is 69.8 cm³/mol. The normalized spacial score (nSPS) is 16.6. The summed E-state index contributed by atoms with van der Waals surface area (Å²) in [5.74, 6) is 2.10. The van der Waals surface area contributed by atoms with Gasteiger partial charge in [-0.3, -0.25) is 0 Å². The van der Waals surface area contributed by atoms with Crippen molar-refractivity contribution in [3.63, 3.8) is 0 Å². The molecule has 0 aromatic heterocycles. The first-order valence-electron chi connectivity index (χ1n) is 6.49. The Morgan fingerprint density at radius 1 is 1.28 bits per heavy atom. The summed E-state index contributed by atoms with van der Waals surface area (Å²) in [6.45, 7) is 6.11. The molecule has 18 heavy (non-hydrogen) atoms. The number of fused-ring (bicyclic) bond motifs is 1. The summed E-state index contributed by atoms with van der Waals surface area (Å²) in [5.41, 5.74) is 0.857. The van der Waals surface area contributed by atoms with Gasteiger partial charge < -0.3 is 19.9 Å². The molecule has 0 aliphatic carbocycles. The zero-order chi connectivity index (χ0) is 13.0. The molecule has 0 saturated carbocycles. The Balaban J connectivity index is 1.87. The van der Waals surface area contributed by atoms with Crippen molar-refractivity contribution in [2.45, 2.75) is 26.4 Å². The Hall–Kier alpha value is -1.26. The highest BCUT2D eigenvalue weighted by Crippen LogP contribution is 2.34. The molecule has 0 amide bonds. The molecule has 1 aliphatic heterocycles. The molecule has 0 bridgehead atoms. The molecule has 2 unspecified atom stereocenters. The topological polar surface area (TPSA) is 50.7 Å². The quantitative estimate of drug-likeness (QED) is 0.813. The number of aliphatic hydroxyl groups excluding tert-OH is 1. The highest BCUT2D eigenvalue weighted by Gasteiger charge is 2.16. The number of hydrogen-bond donors (Lipinski definition) is 2. The molecule has 2 N–H and O–H groups in total. The third-order valence-electron chi connectivity index (χ3n) is 3.31. The third kappa shape index (κ3) is 3.15. The second-order valence-electron chi connectivity index (χ2n) is 4.80. The molecule has 2 rings (SSSR count). The number of aliphatic hydroxyl groups is 1. The van der Waals surface area contributed by atoms with E-state index in [1.54, 1.807) is 0 Å². The molecule has 4 heteroatoms. The smallest absolute Gasteiger partial charge is 0.231 e. The Morgan fingerprint density at radius 3 is 2.83 bits per heavy atom. The van der Waals surface area contributed by atoms with Gasteiger partial charge in [0.25, 0.3) is 0 Å². The maximum atomic E-state index is 10.1. The fourth-order valence-electron chi connectivity index (χ4n) is 1.85. The number of ether oxygens (including phenoxy) is 2. The minimum Gasteiger partial charge on any atom is -0.454 e. The van der Waals surface area contributed by atoms with Gasteiger partial charge in [0.15, 0.2) is 11.5 Å². The molecule has 4 nitrogen and oxygen atoms in total. The lowest BCUT2D eigenvalue weighted by molar-refractivity contribution is 0.169. The summed E-state index contributed by atoms with van der Waals surface area (Å²) < 4.78 is 10.5. The van der Waals surface area contributed by atoms with Gasteiger partial charge in [0.1, 0.15) is 0 Å². The van der Waals surface area contributed by atoms with Crippen LogP contribution in [0.25, 0.3) is 0 Å². The Labute approximate surface area is 108 Å². The summed E-state index contributed by atoms with van der Waals surface area (Å²) in [6.07, 6.45) is 0.635. The van der Waals surface area contributed by atoms with Crippen LogP contribution in [0.2, 0.25) is 0 Å². The summed E-state index contributed by atoms with van der Waals surface area (Å²) in [4.78, 5) is 0. The summed E-state index contributed by atoms with van der Waals surface area (Å²) in [7, 11) is 0. The summed E-state index contributed by atoms with van der Waals surface area (Å²) in [6, 6.07) is 5.57. The van der Waals surface area contributed by atoms with Crippen LogP contribution in [0.1, 0.15) is 31.9 Å². The molecule has 2 atom stereocenters. The van der Waals surface area contributed by atoms with Gasteiger partial charge in [-0.15, -0.1) is 0 Å². The van der Waals surface area contributed by atoms with Gasteiger partial charge >= 0.3 is 0 Å². The molecular formula is C14H21NO3. The van der Waals surface area contributed by atoms with Gasteiger partial charge in [0.2, 0.25) is 6.79 Å². The number of rotatable bonds is 6. The van der Waals surface area contributed by atoms with E-state index in [0.29, 0.717) is 18.2 Å². The second kappa shape index (κ2) is 6.07. The molecule has 100 valence electrons. The molecule has 0 fully saturated rings. The van der Waals surface area contributed by atoms with E-state index in [9.17, 15) is 5.11 Å². The van der Waals surface area contributed by atoms with Crippen LogP contribution >= 0.6 is 0 Å². The first-order valence-corrected chi connectivity index (χ1v) is 6.49. The van der Waals surface area contributed by atoms with Crippen molar-refractivity contribution in [3.05, 3.63) is 23.8 Å². The Morgan fingerprint density at radius 2 is 2.06 bits per heavy atom. The van der Waals surface area contributed by atoms with Crippen molar-refractivity contribution in [1.82, 2.24) is 5.32 Å². The van der Waals surface area contributed by atoms with Crippen molar-refractivity contribution in [1.29, 1.82) is 0 Å².